The summed E-state index contributed by atoms with van der Waals surface area (Å²) in [5.74, 6) is -0.847. The molecule has 8 rings (SSSR count). The van der Waals surface area contributed by atoms with Crippen LogP contribution in [-0.2, 0) is 16.2 Å². The van der Waals surface area contributed by atoms with E-state index in [0.717, 1.165) is 53.2 Å². The molecule has 0 unspecified atom stereocenters. The molecule has 5 aromatic carbocycles. The molecule has 0 radical (unpaired) electrons. The lowest BCUT2D eigenvalue weighted by molar-refractivity contribution is -0.122. The number of imide groups is 2. The van der Waals surface area contributed by atoms with Crippen LogP contribution in [0.4, 0.5) is 20.6 Å². The summed E-state index contributed by atoms with van der Waals surface area (Å²) in [4.78, 5) is 44.9. The maximum Gasteiger partial charge on any atom is 0.335 e. The van der Waals surface area contributed by atoms with Gasteiger partial charge in [0, 0.05) is 30.6 Å². The molecule has 3 aliphatic heterocycles. The molecule has 1 saturated heterocycles. The molecule has 2 atom stereocenters. The average Bonchev–Trinajstić information content (AvgIpc) is 3.17. The minimum atomic E-state index is -0.794. The molecule has 5 aromatic rings. The molecule has 1 fully saturated rings. The highest BCUT2D eigenvalue weighted by Crippen LogP contribution is 2.50. The van der Waals surface area contributed by atoms with Gasteiger partial charge in [0.1, 0.15) is 18.0 Å². The number of hydrogen-bond acceptors (Lipinski definition) is 6. The normalized spacial score (nSPS) is 18.8. The Morgan fingerprint density at radius 1 is 0.830 bits per heavy atom. The van der Waals surface area contributed by atoms with Crippen molar-refractivity contribution in [3.8, 4) is 11.5 Å². The van der Waals surface area contributed by atoms with Gasteiger partial charge in [0.2, 0.25) is 0 Å². The van der Waals surface area contributed by atoms with Crippen LogP contribution >= 0.6 is 22.6 Å². The van der Waals surface area contributed by atoms with E-state index in [0.29, 0.717) is 26.3 Å². The van der Waals surface area contributed by atoms with Crippen LogP contribution in [0.3, 0.4) is 0 Å². The highest BCUT2D eigenvalue weighted by molar-refractivity contribution is 14.1. The Balaban J connectivity index is 1.18. The van der Waals surface area contributed by atoms with Crippen LogP contribution in [0.15, 0.2) is 115 Å². The van der Waals surface area contributed by atoms with Crippen LogP contribution in [0.2, 0.25) is 0 Å². The second-order valence-electron chi connectivity index (χ2n) is 13.4. The maximum atomic E-state index is 14.4. The molecule has 8 nitrogen and oxygen atoms in total. The fraction of sp³-hybridized carbons (Fsp3) is 0.186. The molecule has 1 N–H and O–H groups in total. The number of anilines is 2. The predicted molar refractivity (Wildman–Crippen MR) is 210 cm³/mol. The zero-order valence-corrected chi connectivity index (χ0v) is 31.0. The summed E-state index contributed by atoms with van der Waals surface area (Å²) in [6, 6.07) is 33.3. The van der Waals surface area contributed by atoms with Crippen molar-refractivity contribution in [3.63, 3.8) is 0 Å². The van der Waals surface area contributed by atoms with Crippen molar-refractivity contribution in [1.82, 2.24) is 5.32 Å². The van der Waals surface area contributed by atoms with Gasteiger partial charge < -0.3 is 14.4 Å². The van der Waals surface area contributed by atoms with Crippen molar-refractivity contribution < 1.29 is 28.2 Å². The van der Waals surface area contributed by atoms with Crippen LogP contribution in [0, 0.1) is 9.39 Å². The van der Waals surface area contributed by atoms with Crippen molar-refractivity contribution in [2.24, 2.45) is 0 Å². The molecule has 0 aromatic heterocycles. The smallest absolute Gasteiger partial charge is 0.335 e. The van der Waals surface area contributed by atoms with Gasteiger partial charge in [-0.15, -0.1) is 0 Å². The van der Waals surface area contributed by atoms with Crippen molar-refractivity contribution in [1.29, 1.82) is 0 Å². The summed E-state index contributed by atoms with van der Waals surface area (Å²) in [6.45, 7) is 1.99. The average molecular weight is 820 g/mol. The van der Waals surface area contributed by atoms with E-state index in [2.05, 4.69) is 57.1 Å². The number of urea groups is 1. The number of hydrogen-bond donors (Lipinski definition) is 1. The number of halogens is 2. The Labute approximate surface area is 320 Å². The largest absolute Gasteiger partial charge is 0.493 e. The number of nitrogens with zero attached hydrogens (tertiary/aromatic N) is 2. The molecule has 10 heteroatoms. The number of carbonyl (C=O) groups excluding carboxylic acids is 3. The molecule has 3 heterocycles. The minimum Gasteiger partial charge on any atom is -0.493 e. The van der Waals surface area contributed by atoms with Gasteiger partial charge in [0.15, 0.2) is 11.5 Å². The predicted octanol–water partition coefficient (Wildman–Crippen LogP) is 8.56. The third-order valence-electron chi connectivity index (χ3n) is 10.2. The number of amides is 4. The van der Waals surface area contributed by atoms with E-state index >= 15 is 0 Å². The first-order valence-corrected chi connectivity index (χ1v) is 18.6. The van der Waals surface area contributed by atoms with Crippen LogP contribution in [0.25, 0.3) is 6.08 Å². The Bertz CT molecular complexity index is 2190. The second-order valence-corrected chi connectivity index (χ2v) is 14.5. The third-order valence-corrected chi connectivity index (χ3v) is 11.0. The lowest BCUT2D eigenvalue weighted by atomic mass is 9.76. The van der Waals surface area contributed by atoms with Crippen molar-refractivity contribution in [2.45, 2.75) is 31.3 Å². The zero-order valence-electron chi connectivity index (χ0n) is 28.9. The second kappa shape index (κ2) is 14.5. The number of barbiturate groups is 1. The minimum absolute atomic E-state index is 0.0635. The van der Waals surface area contributed by atoms with E-state index in [1.165, 1.54) is 36.4 Å². The molecule has 0 spiro atoms. The standard InChI is InChI=1S/C43H35FIN3O5/c1-52-38-22-27(21-37(45)40(38)53-25-26-12-14-30(44)15-13-26)20-36-41(49)46-43(51)48(42(36)50)31-23-34-32(28-8-4-2-5-9-28)16-18-47-19-17-33(35(24-31)39(34)47)29-10-6-3-7-11-29/h2-15,20-24,32-33H,16-19,25H2,1H3,(H,46,49,51)/b36-20+/t32-,33+. The monoisotopic (exact) mass is 819 g/mol. The number of methoxy groups -OCH3 is 1. The molecule has 3 aliphatic rings. The summed E-state index contributed by atoms with van der Waals surface area (Å²) >= 11 is 2.10. The van der Waals surface area contributed by atoms with Crippen molar-refractivity contribution in [2.75, 3.05) is 30.0 Å². The summed E-state index contributed by atoms with van der Waals surface area (Å²) < 4.78 is 25.8. The van der Waals surface area contributed by atoms with Crippen LogP contribution in [0.5, 0.6) is 11.5 Å². The van der Waals surface area contributed by atoms with E-state index in [4.69, 9.17) is 9.47 Å². The first-order valence-electron chi connectivity index (χ1n) is 17.5. The number of ether oxygens (including phenoxy) is 2. The number of carbonyl (C=O) groups is 3. The van der Waals surface area contributed by atoms with Crippen molar-refractivity contribution >= 4 is 57.9 Å². The van der Waals surface area contributed by atoms with Gasteiger partial charge in [-0.1, -0.05) is 72.8 Å². The quantitative estimate of drug-likeness (QED) is 0.0960. The molecule has 0 aliphatic carbocycles. The first kappa shape index (κ1) is 34.6. The van der Waals surface area contributed by atoms with Gasteiger partial charge in [0.05, 0.1) is 16.4 Å². The summed E-state index contributed by atoms with van der Waals surface area (Å²) in [6.07, 6.45) is 3.25. The molecular weight excluding hydrogens is 784 g/mol. The molecule has 0 bridgehead atoms. The van der Waals surface area contributed by atoms with Crippen molar-refractivity contribution in [3.05, 3.63) is 158 Å². The number of nitrogens with one attached hydrogen (secondary N) is 1. The third kappa shape index (κ3) is 6.67. The molecule has 0 saturated carbocycles. The van der Waals surface area contributed by atoms with E-state index in [1.807, 2.05) is 48.5 Å². The fourth-order valence-electron chi connectivity index (χ4n) is 7.73. The van der Waals surface area contributed by atoms with Gasteiger partial charge in [-0.25, -0.2) is 14.1 Å². The van der Waals surface area contributed by atoms with Gasteiger partial charge in [-0.3, -0.25) is 14.9 Å². The van der Waals surface area contributed by atoms with E-state index in [-0.39, 0.29) is 29.8 Å². The Morgan fingerprint density at radius 2 is 1.43 bits per heavy atom. The lowest BCUT2D eigenvalue weighted by Crippen LogP contribution is -2.54. The molecule has 4 amide bonds. The highest BCUT2D eigenvalue weighted by atomic mass is 127. The van der Waals surface area contributed by atoms with Crippen LogP contribution < -0.4 is 24.6 Å². The Kier molecular flexibility index (Phi) is 9.46. The van der Waals surface area contributed by atoms with E-state index in [1.54, 1.807) is 24.3 Å². The van der Waals surface area contributed by atoms with E-state index < -0.39 is 17.8 Å². The topological polar surface area (TPSA) is 88.2 Å². The maximum absolute atomic E-state index is 14.4. The summed E-state index contributed by atoms with van der Waals surface area (Å²) in [5.41, 5.74) is 7.16. The van der Waals surface area contributed by atoms with Gasteiger partial charge in [-0.05, 0) is 111 Å². The van der Waals surface area contributed by atoms with E-state index in [9.17, 15) is 18.8 Å². The SMILES string of the molecule is COc1cc(/C=C2\C(=O)NC(=O)N(c3cc4c5c(c3)[C@H](c3ccccc3)CCN5CC[C@@H]4c3ccccc3)C2=O)cc(I)c1OCc1ccc(F)cc1. The first-order chi connectivity index (χ1) is 25.8. The molecule has 53 heavy (non-hydrogen) atoms. The molecular formula is C43H35FIN3O5. The Morgan fingerprint density at radius 3 is 2.02 bits per heavy atom. The highest BCUT2D eigenvalue weighted by Gasteiger charge is 2.40. The number of benzene rings is 5. The zero-order chi connectivity index (χ0) is 36.6. The summed E-state index contributed by atoms with van der Waals surface area (Å²) in [5, 5.41) is 2.42. The Hall–Kier alpha value is -5.49. The van der Waals surface area contributed by atoms with Gasteiger partial charge in [-0.2, -0.15) is 0 Å². The lowest BCUT2D eigenvalue weighted by Gasteiger charge is -2.44. The summed E-state index contributed by atoms with van der Waals surface area (Å²) in [7, 11) is 1.50. The van der Waals surface area contributed by atoms with Crippen LogP contribution in [0.1, 0.15) is 58.1 Å². The fourth-order valence-corrected chi connectivity index (χ4v) is 8.51. The number of rotatable bonds is 8. The van der Waals surface area contributed by atoms with Gasteiger partial charge >= 0.3 is 6.03 Å². The van der Waals surface area contributed by atoms with Crippen LogP contribution in [-0.4, -0.2) is 38.0 Å². The molecule has 266 valence electrons. The van der Waals surface area contributed by atoms with Gasteiger partial charge in [0.25, 0.3) is 11.8 Å².